The zero-order chi connectivity index (χ0) is 26.3. The molecule has 5 rings (SSSR count). The van der Waals surface area contributed by atoms with E-state index in [0.717, 1.165) is 50.5 Å². The number of phosphoric acid groups is 1. The number of hydrogen-bond donors (Lipinski definition) is 3. The van der Waals surface area contributed by atoms with Gasteiger partial charge in [-0.15, -0.1) is 0 Å². The summed E-state index contributed by atoms with van der Waals surface area (Å²) in [4.78, 5) is 32.7. The molecule has 0 unspecified atom stereocenters. The summed E-state index contributed by atoms with van der Waals surface area (Å²) in [5.41, 5.74) is 2.83. The van der Waals surface area contributed by atoms with Gasteiger partial charge in [0.05, 0.1) is 5.41 Å². The number of benzene rings is 2. The smallest absolute Gasteiger partial charge is 0.404 e. The minimum Gasteiger partial charge on any atom is -0.404 e. The van der Waals surface area contributed by atoms with E-state index in [4.69, 9.17) is 4.52 Å². The van der Waals surface area contributed by atoms with E-state index < -0.39 is 13.2 Å². The molecular weight excluding hydrogens is 485 g/mol. The number of aryl methyl sites for hydroxylation is 1. The summed E-state index contributed by atoms with van der Waals surface area (Å²) in [6, 6.07) is 16.1. The zero-order valence-corrected chi connectivity index (χ0v) is 22.9. The fraction of sp³-hybridized carbons (Fsp3) is 0.567. The number of fused-ring (bicyclic) bond motifs is 3. The van der Waals surface area contributed by atoms with Gasteiger partial charge in [-0.1, -0.05) is 75.9 Å². The largest absolute Gasteiger partial charge is 0.524 e. The topological polar surface area (TPSA) is 95.9 Å². The Morgan fingerprint density at radius 2 is 1.73 bits per heavy atom. The third kappa shape index (κ3) is 5.01. The Hall–Kier alpha value is -2.14. The average molecular weight is 526 g/mol. The Bertz CT molecular complexity index is 1190. The van der Waals surface area contributed by atoms with E-state index in [9.17, 15) is 19.1 Å². The number of amides is 1. The van der Waals surface area contributed by atoms with Gasteiger partial charge >= 0.3 is 7.82 Å². The van der Waals surface area contributed by atoms with Crippen LogP contribution in [0.4, 0.5) is 0 Å². The molecule has 2 aromatic carbocycles. The van der Waals surface area contributed by atoms with Gasteiger partial charge in [0.1, 0.15) is 5.75 Å². The lowest BCUT2D eigenvalue weighted by Gasteiger charge is -2.54. The van der Waals surface area contributed by atoms with Gasteiger partial charge in [0, 0.05) is 12.0 Å². The molecule has 0 aliphatic heterocycles. The van der Waals surface area contributed by atoms with Crippen LogP contribution in [0, 0.1) is 11.3 Å². The second kappa shape index (κ2) is 9.87. The SMILES string of the molecule is C[C@@]1(C(=O)NCC2(c3ccccc3)CCCCC2)CCC[C@]2(C)c3cc(OP(=O)(O)O)ccc3CC[C@@H]12. The first-order chi connectivity index (χ1) is 17.6. The first-order valence-corrected chi connectivity index (χ1v) is 15.3. The molecule has 1 amide bonds. The lowest BCUT2D eigenvalue weighted by atomic mass is 9.49. The summed E-state index contributed by atoms with van der Waals surface area (Å²) in [6.45, 7) is 5.04. The zero-order valence-electron chi connectivity index (χ0n) is 22.0. The monoisotopic (exact) mass is 525 g/mol. The Kier molecular flexibility index (Phi) is 7.06. The summed E-state index contributed by atoms with van der Waals surface area (Å²) < 4.78 is 16.4. The lowest BCUT2D eigenvalue weighted by Crippen LogP contribution is -2.56. The molecule has 3 N–H and O–H groups in total. The minimum absolute atomic E-state index is 0.00255. The average Bonchev–Trinajstić information content (AvgIpc) is 2.87. The van der Waals surface area contributed by atoms with Gasteiger partial charge in [-0.2, -0.15) is 0 Å². The number of phosphoric ester groups is 1. The van der Waals surface area contributed by atoms with Gasteiger partial charge in [0.15, 0.2) is 0 Å². The molecule has 0 heterocycles. The number of hydrogen-bond acceptors (Lipinski definition) is 3. The standard InChI is InChI=1S/C30H40NO5P/c1-28-16-9-17-29(2,26(28)15-13-22-12-14-24(20-25(22)28)36-37(33,34)35)27(32)31-21-30(18-7-4-8-19-30)23-10-5-3-6-11-23/h3,5-6,10-12,14,20,26H,4,7-9,13,15-19,21H2,1-2H3,(H,31,32)(H2,33,34,35)/t26-,28-,29-/m1/s1. The molecule has 37 heavy (non-hydrogen) atoms. The van der Waals surface area contributed by atoms with Crippen LogP contribution in [0.1, 0.15) is 88.3 Å². The highest BCUT2D eigenvalue weighted by atomic mass is 31.2. The van der Waals surface area contributed by atoms with Crippen molar-refractivity contribution in [2.24, 2.45) is 11.3 Å². The van der Waals surface area contributed by atoms with E-state index in [1.165, 1.54) is 30.4 Å². The van der Waals surface area contributed by atoms with Crippen LogP contribution in [0.3, 0.4) is 0 Å². The number of carbonyl (C=O) groups excluding carboxylic acids is 1. The minimum atomic E-state index is -4.64. The van der Waals surface area contributed by atoms with Crippen LogP contribution in [0.5, 0.6) is 5.75 Å². The van der Waals surface area contributed by atoms with E-state index in [1.54, 1.807) is 12.1 Å². The molecule has 0 saturated heterocycles. The van der Waals surface area contributed by atoms with E-state index in [0.29, 0.717) is 6.54 Å². The molecule has 0 spiro atoms. The molecular formula is C30H40NO5P. The van der Waals surface area contributed by atoms with Crippen molar-refractivity contribution in [3.05, 3.63) is 65.2 Å². The molecule has 2 fully saturated rings. The van der Waals surface area contributed by atoms with E-state index >= 15 is 0 Å². The molecule has 0 aromatic heterocycles. The normalized spacial score (nSPS) is 29.0. The number of nitrogens with one attached hydrogen (secondary N) is 1. The van der Waals surface area contributed by atoms with Gasteiger partial charge in [0.2, 0.25) is 5.91 Å². The quantitative estimate of drug-likeness (QED) is 0.391. The van der Waals surface area contributed by atoms with Crippen molar-refractivity contribution in [2.75, 3.05) is 6.54 Å². The van der Waals surface area contributed by atoms with Crippen LogP contribution in [0.15, 0.2) is 48.5 Å². The Morgan fingerprint density at radius 3 is 2.43 bits per heavy atom. The summed E-state index contributed by atoms with van der Waals surface area (Å²) in [6.07, 6.45) is 10.4. The first-order valence-electron chi connectivity index (χ1n) is 13.8. The Labute approximate surface area is 220 Å². The summed E-state index contributed by atoms with van der Waals surface area (Å²) in [5, 5.41) is 3.45. The fourth-order valence-electron chi connectivity index (χ4n) is 7.94. The van der Waals surface area contributed by atoms with Gasteiger partial charge in [-0.25, -0.2) is 4.57 Å². The first kappa shape index (κ1) is 26.5. The molecule has 6 nitrogen and oxygen atoms in total. The number of rotatable bonds is 6. The molecule has 2 aromatic rings. The van der Waals surface area contributed by atoms with Crippen molar-refractivity contribution in [2.45, 2.75) is 88.9 Å². The van der Waals surface area contributed by atoms with Crippen molar-refractivity contribution in [3.63, 3.8) is 0 Å². The van der Waals surface area contributed by atoms with Crippen LogP contribution >= 0.6 is 7.82 Å². The van der Waals surface area contributed by atoms with Crippen molar-refractivity contribution in [3.8, 4) is 5.75 Å². The molecule has 3 atom stereocenters. The molecule has 0 bridgehead atoms. The van der Waals surface area contributed by atoms with Crippen LogP contribution in [0.25, 0.3) is 0 Å². The summed E-state index contributed by atoms with van der Waals surface area (Å²) >= 11 is 0. The highest BCUT2D eigenvalue weighted by Gasteiger charge is 2.55. The van der Waals surface area contributed by atoms with Crippen LogP contribution < -0.4 is 9.84 Å². The van der Waals surface area contributed by atoms with E-state index in [-0.39, 0.29) is 28.4 Å². The lowest BCUT2D eigenvalue weighted by molar-refractivity contribution is -0.139. The summed E-state index contributed by atoms with van der Waals surface area (Å²) in [5.74, 6) is 0.480. The molecule has 3 aliphatic carbocycles. The maximum Gasteiger partial charge on any atom is 0.524 e. The van der Waals surface area contributed by atoms with Gasteiger partial charge in [-0.05, 0) is 78.7 Å². The Morgan fingerprint density at radius 1 is 1.00 bits per heavy atom. The van der Waals surface area contributed by atoms with Gasteiger partial charge in [0.25, 0.3) is 0 Å². The van der Waals surface area contributed by atoms with Crippen molar-refractivity contribution in [1.29, 1.82) is 0 Å². The molecule has 3 aliphatic rings. The van der Waals surface area contributed by atoms with E-state index in [2.05, 4.69) is 49.5 Å². The second-order valence-electron chi connectivity index (χ2n) is 12.1. The Balaban J connectivity index is 1.40. The predicted molar refractivity (Wildman–Crippen MR) is 144 cm³/mol. The molecule has 200 valence electrons. The maximum atomic E-state index is 14.1. The fourth-order valence-corrected chi connectivity index (χ4v) is 8.33. The van der Waals surface area contributed by atoms with Crippen molar-refractivity contribution < 1.29 is 23.7 Å². The van der Waals surface area contributed by atoms with Gasteiger partial charge in [-0.3, -0.25) is 14.6 Å². The van der Waals surface area contributed by atoms with Crippen LogP contribution in [0.2, 0.25) is 0 Å². The molecule has 2 saturated carbocycles. The van der Waals surface area contributed by atoms with Crippen molar-refractivity contribution >= 4 is 13.7 Å². The highest BCUT2D eigenvalue weighted by Crippen LogP contribution is 2.58. The molecule has 7 heteroatoms. The third-order valence-electron chi connectivity index (χ3n) is 9.86. The maximum absolute atomic E-state index is 14.1. The van der Waals surface area contributed by atoms with Crippen molar-refractivity contribution in [1.82, 2.24) is 5.32 Å². The molecule has 0 radical (unpaired) electrons. The summed E-state index contributed by atoms with van der Waals surface area (Å²) in [7, 11) is -4.64. The highest BCUT2D eigenvalue weighted by molar-refractivity contribution is 7.46. The predicted octanol–water partition coefficient (Wildman–Crippen LogP) is 6.19. The van der Waals surface area contributed by atoms with Crippen LogP contribution in [-0.2, 0) is 26.6 Å². The van der Waals surface area contributed by atoms with Gasteiger partial charge < -0.3 is 9.84 Å². The van der Waals surface area contributed by atoms with Crippen LogP contribution in [-0.4, -0.2) is 22.2 Å². The third-order valence-corrected chi connectivity index (χ3v) is 10.3. The van der Waals surface area contributed by atoms with E-state index in [1.807, 2.05) is 6.07 Å². The number of carbonyl (C=O) groups is 1. The second-order valence-corrected chi connectivity index (χ2v) is 13.2.